The summed E-state index contributed by atoms with van der Waals surface area (Å²) in [4.78, 5) is 35.9. The Balaban J connectivity index is 2.01. The van der Waals surface area contributed by atoms with Crippen LogP contribution in [-0.2, 0) is 19.1 Å². The number of carbonyl (C=O) groups is 3. The molecule has 8 nitrogen and oxygen atoms in total. The van der Waals surface area contributed by atoms with E-state index in [0.717, 1.165) is 0 Å². The first-order valence-electron chi connectivity index (χ1n) is 8.46. The zero-order valence-corrected chi connectivity index (χ0v) is 15.8. The molecule has 1 aliphatic rings. The first kappa shape index (κ1) is 20.6. The first-order chi connectivity index (χ1) is 12.9. The molecule has 0 aliphatic carbocycles. The third-order valence-electron chi connectivity index (χ3n) is 3.68. The number of esters is 2. The van der Waals surface area contributed by atoms with Crippen LogP contribution < -0.4 is 15.4 Å². The normalized spacial score (nSPS) is 16.3. The van der Waals surface area contributed by atoms with E-state index in [-0.39, 0.29) is 31.1 Å². The summed E-state index contributed by atoms with van der Waals surface area (Å²) >= 11 is 5.84. The fourth-order valence-corrected chi connectivity index (χ4v) is 2.65. The first-order valence-corrected chi connectivity index (χ1v) is 8.84. The molecule has 0 radical (unpaired) electrons. The van der Waals surface area contributed by atoms with Gasteiger partial charge in [-0.05, 0) is 31.5 Å². The van der Waals surface area contributed by atoms with E-state index in [2.05, 4.69) is 10.6 Å². The third-order valence-corrected chi connectivity index (χ3v) is 3.91. The Morgan fingerprint density at radius 1 is 1.22 bits per heavy atom. The third kappa shape index (κ3) is 5.89. The maximum Gasteiger partial charge on any atom is 0.344 e. The van der Waals surface area contributed by atoms with Crippen LogP contribution in [0.25, 0.3) is 0 Å². The number of rotatable bonds is 8. The molecule has 1 aromatic carbocycles. The van der Waals surface area contributed by atoms with E-state index in [4.69, 9.17) is 25.8 Å². The molecule has 0 fully saturated rings. The van der Waals surface area contributed by atoms with Gasteiger partial charge in [0.1, 0.15) is 12.4 Å². The van der Waals surface area contributed by atoms with Gasteiger partial charge in [0.05, 0.1) is 23.9 Å². The number of benzene rings is 1. The molecule has 0 unspecified atom stereocenters. The molecule has 1 atom stereocenters. The Kier molecular flexibility index (Phi) is 7.48. The molecule has 2 N–H and O–H groups in total. The summed E-state index contributed by atoms with van der Waals surface area (Å²) in [6.45, 7) is 3.06. The lowest BCUT2D eigenvalue weighted by Gasteiger charge is -2.28. The number of nitrogens with one attached hydrogen (secondary N) is 2. The summed E-state index contributed by atoms with van der Waals surface area (Å²) in [5, 5.41) is 5.62. The lowest BCUT2D eigenvalue weighted by Crippen LogP contribution is -2.51. The lowest BCUT2D eigenvalue weighted by atomic mass is 10.0. The van der Waals surface area contributed by atoms with Crippen LogP contribution >= 0.6 is 11.6 Å². The van der Waals surface area contributed by atoms with E-state index in [1.165, 1.54) is 0 Å². The molecule has 0 aromatic heterocycles. The second-order valence-electron chi connectivity index (χ2n) is 5.58. The van der Waals surface area contributed by atoms with E-state index < -0.39 is 24.0 Å². The molecule has 0 saturated carbocycles. The molecule has 9 heteroatoms. The van der Waals surface area contributed by atoms with Gasteiger partial charge >= 0.3 is 18.0 Å². The van der Waals surface area contributed by atoms with Gasteiger partial charge in [-0.3, -0.25) is 0 Å². The number of halogens is 1. The van der Waals surface area contributed by atoms with Crippen molar-refractivity contribution in [1.29, 1.82) is 0 Å². The van der Waals surface area contributed by atoms with Crippen LogP contribution in [0.3, 0.4) is 0 Å². The molecule has 1 heterocycles. The van der Waals surface area contributed by atoms with Crippen LogP contribution in [0.5, 0.6) is 5.75 Å². The van der Waals surface area contributed by atoms with Gasteiger partial charge < -0.3 is 24.8 Å². The van der Waals surface area contributed by atoms with Crippen LogP contribution in [0.1, 0.15) is 20.3 Å². The average Bonchev–Trinajstić information content (AvgIpc) is 2.64. The standard InChI is InChI=1S/C18H21ClN2O6/c1-3-13-16(17(23)25-4-2)14(21-18(24)20-13)9-27-15(22)10-26-12-7-5-6-11(19)8-12/h5-8,13H,3-4,9-10H2,1-2H3,(H2,20,21,24)/t13-/m1/s1. The SMILES string of the molecule is CCOC(=O)C1=C(COC(=O)COc2cccc(Cl)c2)NC(=O)N[C@@H]1CC. The van der Waals surface area contributed by atoms with Gasteiger partial charge in [0, 0.05) is 5.02 Å². The quantitative estimate of drug-likeness (QED) is 0.653. The highest BCUT2D eigenvalue weighted by atomic mass is 35.5. The topological polar surface area (TPSA) is 103 Å². The van der Waals surface area contributed by atoms with Crippen molar-refractivity contribution in [3.05, 3.63) is 40.6 Å². The molecule has 146 valence electrons. The van der Waals surface area contributed by atoms with E-state index >= 15 is 0 Å². The van der Waals surface area contributed by atoms with Gasteiger partial charge in [0.15, 0.2) is 6.61 Å². The number of hydrogen-bond acceptors (Lipinski definition) is 6. The molecular formula is C18H21ClN2O6. The average molecular weight is 397 g/mol. The van der Waals surface area contributed by atoms with Crippen molar-refractivity contribution in [2.75, 3.05) is 19.8 Å². The van der Waals surface area contributed by atoms with Crippen LogP contribution in [0.15, 0.2) is 35.5 Å². The Hall–Kier alpha value is -2.74. The van der Waals surface area contributed by atoms with Crippen molar-refractivity contribution in [1.82, 2.24) is 10.6 Å². The molecular weight excluding hydrogens is 376 g/mol. The fraction of sp³-hybridized carbons (Fsp3) is 0.389. The van der Waals surface area contributed by atoms with Crippen molar-refractivity contribution in [3.8, 4) is 5.75 Å². The van der Waals surface area contributed by atoms with Crippen molar-refractivity contribution in [3.63, 3.8) is 0 Å². The van der Waals surface area contributed by atoms with Crippen molar-refractivity contribution in [2.45, 2.75) is 26.3 Å². The smallest absolute Gasteiger partial charge is 0.344 e. The number of hydrogen-bond donors (Lipinski definition) is 2. The van der Waals surface area contributed by atoms with Gasteiger partial charge in [-0.2, -0.15) is 0 Å². The predicted octanol–water partition coefficient (Wildman–Crippen LogP) is 2.17. The number of amides is 2. The molecule has 27 heavy (non-hydrogen) atoms. The summed E-state index contributed by atoms with van der Waals surface area (Å²) in [6.07, 6.45) is 0.483. The van der Waals surface area contributed by atoms with Gasteiger partial charge in [-0.25, -0.2) is 14.4 Å². The minimum atomic E-state index is -0.661. The summed E-state index contributed by atoms with van der Waals surface area (Å²) in [7, 11) is 0. The highest BCUT2D eigenvalue weighted by molar-refractivity contribution is 6.30. The zero-order valence-electron chi connectivity index (χ0n) is 15.0. The van der Waals surface area contributed by atoms with Gasteiger partial charge in [0.2, 0.25) is 0 Å². The lowest BCUT2D eigenvalue weighted by molar-refractivity contribution is -0.145. The highest BCUT2D eigenvalue weighted by Crippen LogP contribution is 2.18. The number of carbonyl (C=O) groups excluding carboxylic acids is 3. The second-order valence-corrected chi connectivity index (χ2v) is 6.02. The van der Waals surface area contributed by atoms with Crippen molar-refractivity contribution < 1.29 is 28.6 Å². The van der Waals surface area contributed by atoms with Gasteiger partial charge in [-0.15, -0.1) is 0 Å². The molecule has 1 aromatic rings. The van der Waals surface area contributed by atoms with E-state index in [1.54, 1.807) is 31.2 Å². The van der Waals surface area contributed by atoms with Crippen LogP contribution in [-0.4, -0.2) is 43.8 Å². The minimum absolute atomic E-state index is 0.188. The number of ether oxygens (including phenoxy) is 3. The van der Waals surface area contributed by atoms with E-state index in [0.29, 0.717) is 17.2 Å². The van der Waals surface area contributed by atoms with E-state index in [1.807, 2.05) is 6.92 Å². The molecule has 0 saturated heterocycles. The predicted molar refractivity (Wildman–Crippen MR) is 97.3 cm³/mol. The Bertz CT molecular complexity index is 749. The molecule has 1 aliphatic heterocycles. The molecule has 0 spiro atoms. The monoisotopic (exact) mass is 396 g/mol. The van der Waals surface area contributed by atoms with Crippen LogP contribution in [0.4, 0.5) is 4.79 Å². The van der Waals surface area contributed by atoms with Crippen molar-refractivity contribution in [2.24, 2.45) is 0 Å². The van der Waals surface area contributed by atoms with E-state index in [9.17, 15) is 14.4 Å². The number of urea groups is 1. The van der Waals surface area contributed by atoms with Gasteiger partial charge in [-0.1, -0.05) is 24.6 Å². The summed E-state index contributed by atoms with van der Waals surface area (Å²) in [6, 6.07) is 5.59. The zero-order chi connectivity index (χ0) is 19.8. The Morgan fingerprint density at radius 2 is 2.00 bits per heavy atom. The highest BCUT2D eigenvalue weighted by Gasteiger charge is 2.31. The Morgan fingerprint density at radius 3 is 2.67 bits per heavy atom. The van der Waals surface area contributed by atoms with Crippen molar-refractivity contribution >= 4 is 29.6 Å². The molecule has 2 amide bonds. The summed E-state index contributed by atoms with van der Waals surface area (Å²) < 4.78 is 15.5. The molecule has 2 rings (SSSR count). The van der Waals surface area contributed by atoms with Crippen LogP contribution in [0.2, 0.25) is 5.02 Å². The summed E-state index contributed by atoms with van der Waals surface area (Å²) in [5.74, 6) is -0.809. The fourth-order valence-electron chi connectivity index (χ4n) is 2.47. The minimum Gasteiger partial charge on any atom is -0.482 e. The largest absolute Gasteiger partial charge is 0.482 e. The van der Waals surface area contributed by atoms with Gasteiger partial charge in [0.25, 0.3) is 0 Å². The maximum atomic E-state index is 12.2. The Labute approximate surface area is 161 Å². The summed E-state index contributed by atoms with van der Waals surface area (Å²) in [5.41, 5.74) is 0.433. The second kappa shape index (κ2) is 9.82. The maximum absolute atomic E-state index is 12.2. The molecule has 0 bridgehead atoms. The van der Waals surface area contributed by atoms with Crippen LogP contribution in [0, 0.1) is 0 Å².